The van der Waals surface area contributed by atoms with Crippen LogP contribution in [0.2, 0.25) is 0 Å². The molecule has 0 saturated carbocycles. The fourth-order valence-electron chi connectivity index (χ4n) is 1.49. The van der Waals surface area contributed by atoms with Crippen LogP contribution in [0.15, 0.2) is 29.2 Å². The van der Waals surface area contributed by atoms with E-state index in [4.69, 9.17) is 4.74 Å². The predicted molar refractivity (Wildman–Crippen MR) is 69.3 cm³/mol. The maximum Gasteiger partial charge on any atom is 0.250 e. The summed E-state index contributed by atoms with van der Waals surface area (Å²) in [7, 11) is 0. The van der Waals surface area contributed by atoms with Crippen LogP contribution in [-0.2, 0) is 11.3 Å². The van der Waals surface area contributed by atoms with Crippen molar-refractivity contribution < 1.29 is 4.74 Å². The van der Waals surface area contributed by atoms with Crippen molar-refractivity contribution in [3.8, 4) is 0 Å². The molecule has 0 aliphatic rings. The highest BCUT2D eigenvalue weighted by Crippen LogP contribution is 1.89. The minimum absolute atomic E-state index is 0.0532. The number of hydrogen-bond donors (Lipinski definition) is 1. The summed E-state index contributed by atoms with van der Waals surface area (Å²) in [5.41, 5.74) is 0.0532. The van der Waals surface area contributed by atoms with Gasteiger partial charge in [-0.25, -0.2) is 0 Å². The third-order valence-electron chi connectivity index (χ3n) is 2.38. The molecule has 0 bridgehead atoms. The Bertz CT molecular complexity index is 360. The molecular weight excluding hydrogens is 216 g/mol. The first-order valence-corrected chi connectivity index (χ1v) is 6.18. The minimum atomic E-state index is 0.0532. The first kappa shape index (κ1) is 13.9. The van der Waals surface area contributed by atoms with Gasteiger partial charge < -0.3 is 14.6 Å². The molecule has 0 amide bonds. The molecule has 1 rings (SSSR count). The summed E-state index contributed by atoms with van der Waals surface area (Å²) in [5, 5.41) is 3.30. The standard InChI is InChI=1S/C13H22N2O2/c1-12(2)17-11-5-7-14-8-10-15-9-4-3-6-13(15)16/h3-4,6,9,12,14H,5,7-8,10-11H2,1-2H3. The van der Waals surface area contributed by atoms with Crippen molar-refractivity contribution >= 4 is 0 Å². The first-order valence-electron chi connectivity index (χ1n) is 6.18. The zero-order valence-electron chi connectivity index (χ0n) is 10.7. The van der Waals surface area contributed by atoms with Gasteiger partial charge in [-0.2, -0.15) is 0 Å². The topological polar surface area (TPSA) is 43.3 Å². The quantitative estimate of drug-likeness (QED) is 0.693. The second-order valence-electron chi connectivity index (χ2n) is 4.26. The minimum Gasteiger partial charge on any atom is -0.379 e. The Kier molecular flexibility index (Phi) is 6.58. The van der Waals surface area contributed by atoms with Gasteiger partial charge in [0.2, 0.25) is 0 Å². The number of hydrogen-bond acceptors (Lipinski definition) is 3. The van der Waals surface area contributed by atoms with Gasteiger partial charge in [0, 0.05) is 32.0 Å². The third kappa shape index (κ3) is 6.24. The van der Waals surface area contributed by atoms with Crippen LogP contribution >= 0.6 is 0 Å². The number of rotatable bonds is 8. The van der Waals surface area contributed by atoms with Crippen LogP contribution in [-0.4, -0.2) is 30.4 Å². The molecule has 0 atom stereocenters. The lowest BCUT2D eigenvalue weighted by atomic mass is 10.4. The van der Waals surface area contributed by atoms with Gasteiger partial charge in [-0.05, 0) is 32.9 Å². The summed E-state index contributed by atoms with van der Waals surface area (Å²) in [5.74, 6) is 0. The number of aromatic nitrogens is 1. The van der Waals surface area contributed by atoms with Gasteiger partial charge in [0.15, 0.2) is 0 Å². The van der Waals surface area contributed by atoms with E-state index in [1.807, 2.05) is 26.1 Å². The summed E-state index contributed by atoms with van der Waals surface area (Å²) >= 11 is 0. The molecule has 0 aliphatic carbocycles. The summed E-state index contributed by atoms with van der Waals surface area (Å²) in [6, 6.07) is 5.21. The van der Waals surface area contributed by atoms with Crippen LogP contribution < -0.4 is 10.9 Å². The van der Waals surface area contributed by atoms with Gasteiger partial charge in [0.05, 0.1) is 6.10 Å². The largest absolute Gasteiger partial charge is 0.379 e. The van der Waals surface area contributed by atoms with Gasteiger partial charge in [-0.1, -0.05) is 6.07 Å². The Morgan fingerprint density at radius 1 is 1.35 bits per heavy atom. The van der Waals surface area contributed by atoms with Crippen LogP contribution in [0.4, 0.5) is 0 Å². The molecule has 0 fully saturated rings. The van der Waals surface area contributed by atoms with Gasteiger partial charge in [-0.15, -0.1) is 0 Å². The molecule has 1 N–H and O–H groups in total. The monoisotopic (exact) mass is 238 g/mol. The normalized spacial score (nSPS) is 11.0. The lowest BCUT2D eigenvalue weighted by Crippen LogP contribution is -2.27. The molecule has 1 heterocycles. The maximum atomic E-state index is 11.4. The molecule has 17 heavy (non-hydrogen) atoms. The molecule has 0 unspecified atom stereocenters. The Morgan fingerprint density at radius 3 is 2.88 bits per heavy atom. The van der Waals surface area contributed by atoms with Crippen LogP contribution in [0.25, 0.3) is 0 Å². The predicted octanol–water partition coefficient (Wildman–Crippen LogP) is 1.25. The number of ether oxygens (including phenoxy) is 1. The highest BCUT2D eigenvalue weighted by Gasteiger charge is 1.95. The molecule has 0 aromatic carbocycles. The van der Waals surface area contributed by atoms with E-state index in [1.54, 1.807) is 16.7 Å². The van der Waals surface area contributed by atoms with E-state index in [-0.39, 0.29) is 5.56 Å². The van der Waals surface area contributed by atoms with E-state index in [0.29, 0.717) is 12.6 Å². The van der Waals surface area contributed by atoms with E-state index in [9.17, 15) is 4.79 Å². The number of nitrogens with zero attached hydrogens (tertiary/aromatic N) is 1. The van der Waals surface area contributed by atoms with Crippen LogP contribution in [0.1, 0.15) is 20.3 Å². The molecule has 1 aromatic heterocycles. The smallest absolute Gasteiger partial charge is 0.250 e. The van der Waals surface area contributed by atoms with E-state index >= 15 is 0 Å². The zero-order chi connectivity index (χ0) is 12.5. The van der Waals surface area contributed by atoms with Crippen LogP contribution in [0, 0.1) is 0 Å². The molecule has 0 spiro atoms. The summed E-state index contributed by atoms with van der Waals surface area (Å²) in [6.45, 7) is 7.31. The van der Waals surface area contributed by atoms with E-state index < -0.39 is 0 Å². The lowest BCUT2D eigenvalue weighted by molar-refractivity contribution is 0.0771. The second kappa shape index (κ2) is 8.03. The van der Waals surface area contributed by atoms with Crippen molar-refractivity contribution in [3.05, 3.63) is 34.7 Å². The Morgan fingerprint density at radius 2 is 2.18 bits per heavy atom. The average Bonchev–Trinajstić information content (AvgIpc) is 2.30. The van der Waals surface area contributed by atoms with Gasteiger partial charge in [0.1, 0.15) is 0 Å². The van der Waals surface area contributed by atoms with E-state index in [2.05, 4.69) is 5.32 Å². The molecule has 96 valence electrons. The molecule has 1 aromatic rings. The van der Waals surface area contributed by atoms with Gasteiger partial charge in [-0.3, -0.25) is 4.79 Å². The van der Waals surface area contributed by atoms with Crippen LogP contribution in [0.5, 0.6) is 0 Å². The third-order valence-corrected chi connectivity index (χ3v) is 2.38. The Labute approximate surface area is 103 Å². The number of pyridine rings is 1. The summed E-state index contributed by atoms with van der Waals surface area (Å²) < 4.78 is 7.14. The SMILES string of the molecule is CC(C)OCCCNCCn1ccccc1=O. The molecule has 4 nitrogen and oxygen atoms in total. The first-order chi connectivity index (χ1) is 8.20. The van der Waals surface area contributed by atoms with Crippen molar-refractivity contribution in [3.63, 3.8) is 0 Å². The lowest BCUT2D eigenvalue weighted by Gasteiger charge is -2.09. The van der Waals surface area contributed by atoms with Crippen molar-refractivity contribution in [1.29, 1.82) is 0 Å². The van der Waals surface area contributed by atoms with Crippen molar-refractivity contribution in [2.45, 2.75) is 32.9 Å². The summed E-state index contributed by atoms with van der Waals surface area (Å²) in [4.78, 5) is 11.4. The zero-order valence-corrected chi connectivity index (χ0v) is 10.7. The molecular formula is C13H22N2O2. The maximum absolute atomic E-state index is 11.4. The van der Waals surface area contributed by atoms with Gasteiger partial charge in [0.25, 0.3) is 5.56 Å². The second-order valence-corrected chi connectivity index (χ2v) is 4.26. The fourth-order valence-corrected chi connectivity index (χ4v) is 1.49. The molecule has 4 heteroatoms. The van der Waals surface area contributed by atoms with Crippen LogP contribution in [0.3, 0.4) is 0 Å². The highest BCUT2D eigenvalue weighted by molar-refractivity contribution is 4.93. The van der Waals surface area contributed by atoms with Gasteiger partial charge >= 0.3 is 0 Å². The Hall–Kier alpha value is -1.13. The Balaban J connectivity index is 2.05. The molecule has 0 saturated heterocycles. The summed E-state index contributed by atoms with van der Waals surface area (Å²) in [6.07, 6.45) is 3.12. The van der Waals surface area contributed by atoms with Crippen molar-refractivity contribution in [2.24, 2.45) is 0 Å². The van der Waals surface area contributed by atoms with E-state index in [0.717, 1.165) is 26.1 Å². The number of nitrogens with one attached hydrogen (secondary N) is 1. The average molecular weight is 238 g/mol. The highest BCUT2D eigenvalue weighted by atomic mass is 16.5. The molecule has 0 aliphatic heterocycles. The van der Waals surface area contributed by atoms with Crippen molar-refractivity contribution in [1.82, 2.24) is 9.88 Å². The van der Waals surface area contributed by atoms with Crippen molar-refractivity contribution in [2.75, 3.05) is 19.7 Å². The molecule has 0 radical (unpaired) electrons. The van der Waals surface area contributed by atoms with E-state index in [1.165, 1.54) is 0 Å². The fraction of sp³-hybridized carbons (Fsp3) is 0.615.